The third-order valence-electron chi connectivity index (χ3n) is 13.8. The molecule has 2 spiro atoms. The molecule has 1 unspecified atom stereocenters. The van der Waals surface area contributed by atoms with Gasteiger partial charge in [0.1, 0.15) is 23.4 Å². The van der Waals surface area contributed by atoms with Crippen molar-refractivity contribution in [2.75, 3.05) is 7.11 Å². The summed E-state index contributed by atoms with van der Waals surface area (Å²) in [6.07, 6.45) is -0.548. The van der Waals surface area contributed by atoms with Gasteiger partial charge in [-0.3, -0.25) is 9.59 Å². The largest absolute Gasteiger partial charge is 0.472 e. The molecule has 3 aliphatic heterocycles. The van der Waals surface area contributed by atoms with Crippen molar-refractivity contribution in [1.29, 1.82) is 0 Å². The van der Waals surface area contributed by atoms with Gasteiger partial charge in [-0.05, 0) is 44.7 Å². The maximum Gasteiger partial charge on any atom is 0.333 e. The van der Waals surface area contributed by atoms with Gasteiger partial charge in [0.05, 0.1) is 31.2 Å². The molecular formula is C36H42O14. The maximum absolute atomic E-state index is 13.7. The molecule has 4 saturated carbocycles. The number of cyclic esters (lactones) is 1. The molecule has 0 amide bonds. The highest BCUT2D eigenvalue weighted by Crippen LogP contribution is 2.89. The Hall–Kier alpha value is -3.56. The van der Waals surface area contributed by atoms with Crippen LogP contribution in [-0.2, 0) is 52.3 Å². The zero-order chi connectivity index (χ0) is 36.2. The van der Waals surface area contributed by atoms with Crippen LogP contribution < -0.4 is 0 Å². The van der Waals surface area contributed by atoms with E-state index in [0.29, 0.717) is 5.56 Å². The van der Waals surface area contributed by atoms with Crippen LogP contribution in [0.25, 0.3) is 0 Å². The first-order valence-corrected chi connectivity index (χ1v) is 16.9. The molecule has 4 aliphatic carbocycles. The molecule has 4 bridgehead atoms. The van der Waals surface area contributed by atoms with Crippen molar-refractivity contribution >= 4 is 23.9 Å². The summed E-state index contributed by atoms with van der Waals surface area (Å²) >= 11 is 0. The minimum absolute atomic E-state index is 0.0293. The smallest absolute Gasteiger partial charge is 0.333 e. The van der Waals surface area contributed by atoms with Crippen LogP contribution in [-0.4, -0.2) is 87.9 Å². The number of ether oxygens (including phenoxy) is 7. The fourth-order valence-electron chi connectivity index (χ4n) is 12.1. The van der Waals surface area contributed by atoms with Crippen molar-refractivity contribution in [3.63, 3.8) is 0 Å². The van der Waals surface area contributed by atoms with Gasteiger partial charge in [0.15, 0.2) is 11.7 Å². The van der Waals surface area contributed by atoms with Gasteiger partial charge in [0.2, 0.25) is 5.60 Å². The van der Waals surface area contributed by atoms with Crippen molar-refractivity contribution in [2.45, 2.75) is 121 Å². The average molecular weight is 699 g/mol. The highest BCUT2D eigenvalue weighted by atomic mass is 16.9. The van der Waals surface area contributed by atoms with E-state index in [2.05, 4.69) is 0 Å². The standard InChI is InChI=1S/C36H42O14/c1-9-17(2)26(41)46-28-29(4)16-34-31(6,20(29)12-23(39)43-8)33-14-22(38)30(5)21(13-24(40)45-25(30)19-10-11-44-15-19)35(33,50-32(7,48-33)49-34)27(42)36(28,34)47-18(3)37/h9-11,13,15,20,22,25,27-28,38,42H,12,14,16H2,1-8H3/b17-9+/t20-,22-,25-,27-,28-,29-,30-,31-,32?,33-,34+,35+,36+/m0/s1. The van der Waals surface area contributed by atoms with Gasteiger partial charge >= 0.3 is 23.9 Å². The number of hydrogen-bond acceptors (Lipinski definition) is 14. The van der Waals surface area contributed by atoms with E-state index in [9.17, 15) is 29.4 Å². The highest BCUT2D eigenvalue weighted by Gasteiger charge is 3.04. The van der Waals surface area contributed by atoms with E-state index in [1.807, 2.05) is 13.8 Å². The molecule has 14 nitrogen and oxygen atoms in total. The van der Waals surface area contributed by atoms with Gasteiger partial charge in [0, 0.05) is 54.7 Å². The molecule has 0 radical (unpaired) electrons. The Kier molecular flexibility index (Phi) is 6.48. The van der Waals surface area contributed by atoms with Gasteiger partial charge in [-0.15, -0.1) is 0 Å². The van der Waals surface area contributed by atoms with Crippen LogP contribution in [0.4, 0.5) is 0 Å². The molecule has 4 heterocycles. The Morgan fingerprint density at radius 2 is 1.76 bits per heavy atom. The summed E-state index contributed by atoms with van der Waals surface area (Å²) in [6, 6.07) is 1.61. The van der Waals surface area contributed by atoms with Crippen molar-refractivity contribution < 1.29 is 67.0 Å². The van der Waals surface area contributed by atoms with E-state index in [4.69, 9.17) is 37.6 Å². The zero-order valence-electron chi connectivity index (χ0n) is 29.2. The molecule has 7 aliphatic rings. The predicted molar refractivity (Wildman–Crippen MR) is 165 cm³/mol. The first kappa shape index (κ1) is 33.6. The Morgan fingerprint density at radius 1 is 1.06 bits per heavy atom. The lowest BCUT2D eigenvalue weighted by Gasteiger charge is -2.76. The molecule has 0 aromatic carbocycles. The highest BCUT2D eigenvalue weighted by molar-refractivity contribution is 5.88. The van der Waals surface area contributed by atoms with Crippen LogP contribution in [0.2, 0.25) is 0 Å². The Morgan fingerprint density at radius 3 is 2.38 bits per heavy atom. The summed E-state index contributed by atoms with van der Waals surface area (Å²) in [5, 5.41) is 25.8. The first-order chi connectivity index (χ1) is 23.3. The third-order valence-corrected chi connectivity index (χ3v) is 13.8. The Labute approximate surface area is 288 Å². The fourth-order valence-corrected chi connectivity index (χ4v) is 12.1. The second kappa shape index (κ2) is 9.65. The normalized spacial score (nSPS) is 50.6. The molecule has 270 valence electrons. The van der Waals surface area contributed by atoms with Crippen LogP contribution >= 0.6 is 0 Å². The molecule has 50 heavy (non-hydrogen) atoms. The number of methoxy groups -OCH3 is 1. The third kappa shape index (κ3) is 3.22. The number of aliphatic hydroxyl groups is 2. The number of esters is 4. The van der Waals surface area contributed by atoms with E-state index >= 15 is 0 Å². The number of carbonyl (C=O) groups excluding carboxylic acids is 4. The molecule has 1 aromatic heterocycles. The summed E-state index contributed by atoms with van der Waals surface area (Å²) in [7, 11) is 1.26. The quantitative estimate of drug-likeness (QED) is 0.251. The summed E-state index contributed by atoms with van der Waals surface area (Å²) in [5.41, 5.74) is -11.1. The van der Waals surface area contributed by atoms with E-state index < -0.39 is 98.8 Å². The van der Waals surface area contributed by atoms with E-state index in [-0.39, 0.29) is 30.4 Å². The number of carbonyl (C=O) groups is 4. The molecule has 2 N–H and O–H groups in total. The van der Waals surface area contributed by atoms with E-state index in [1.165, 1.54) is 39.6 Å². The van der Waals surface area contributed by atoms with Gasteiger partial charge < -0.3 is 47.8 Å². The average Bonchev–Trinajstić information content (AvgIpc) is 3.75. The number of aliphatic hydroxyl groups excluding tert-OH is 2. The van der Waals surface area contributed by atoms with Crippen LogP contribution in [0.5, 0.6) is 0 Å². The number of allylic oxidation sites excluding steroid dienone is 1. The lowest BCUT2D eigenvalue weighted by atomic mass is 9.34. The second-order valence-corrected chi connectivity index (χ2v) is 15.8. The van der Waals surface area contributed by atoms with Crippen molar-refractivity contribution in [1.82, 2.24) is 0 Å². The van der Waals surface area contributed by atoms with Gasteiger partial charge in [-0.25, -0.2) is 9.59 Å². The van der Waals surface area contributed by atoms with Gasteiger partial charge in [-0.1, -0.05) is 19.9 Å². The van der Waals surface area contributed by atoms with E-state index in [0.717, 1.165) is 0 Å². The summed E-state index contributed by atoms with van der Waals surface area (Å²) < 4.78 is 50.0. The molecule has 1 aromatic rings. The number of rotatable bonds is 6. The number of furan rings is 1. The second-order valence-electron chi connectivity index (χ2n) is 15.8. The number of fused-ring (bicyclic) bond motifs is 3. The lowest BCUT2D eigenvalue weighted by molar-refractivity contribution is -0.476. The maximum atomic E-state index is 13.7. The number of hydrogen-bond donors (Lipinski definition) is 2. The SMILES string of the molecule is C/C=C(\C)C(=O)O[C@H]1[C@@]2(C)C[C@]34OC5(C)O[C@@]6(C[C@H](O)[C@]7(C)C(=CC(=O)O[C@H]7c7ccoc7)[C@@]6(O5)[C@H](O)[C@@]13OC(C)=O)[C@]4(C)[C@H]2CC(=O)OC. The van der Waals surface area contributed by atoms with Crippen LogP contribution in [0, 0.1) is 22.2 Å². The van der Waals surface area contributed by atoms with Gasteiger partial charge in [-0.2, -0.15) is 0 Å². The Balaban J connectivity index is 1.49. The fraction of sp³-hybridized carbons (Fsp3) is 0.667. The van der Waals surface area contributed by atoms with Crippen LogP contribution in [0.1, 0.15) is 79.4 Å². The monoisotopic (exact) mass is 698 g/mol. The zero-order valence-corrected chi connectivity index (χ0v) is 29.2. The van der Waals surface area contributed by atoms with Crippen LogP contribution in [0.3, 0.4) is 0 Å². The van der Waals surface area contributed by atoms with Crippen molar-refractivity contribution in [3.05, 3.63) is 47.5 Å². The predicted octanol–water partition coefficient (Wildman–Crippen LogP) is 2.71. The molecule has 8 rings (SSSR count). The molecule has 13 atom stereocenters. The lowest BCUT2D eigenvalue weighted by Crippen LogP contribution is -2.93. The molecular weight excluding hydrogens is 656 g/mol. The van der Waals surface area contributed by atoms with E-state index in [1.54, 1.807) is 32.9 Å². The minimum Gasteiger partial charge on any atom is -0.472 e. The topological polar surface area (TPSA) is 186 Å². The van der Waals surface area contributed by atoms with Crippen molar-refractivity contribution in [3.8, 4) is 0 Å². The molecule has 14 heteroatoms. The van der Waals surface area contributed by atoms with Crippen LogP contribution in [0.15, 0.2) is 46.3 Å². The molecule has 6 fully saturated rings. The summed E-state index contributed by atoms with van der Waals surface area (Å²) in [4.78, 5) is 54.1. The summed E-state index contributed by atoms with van der Waals surface area (Å²) in [6.45, 7) is 11.3. The Bertz CT molecular complexity index is 1800. The van der Waals surface area contributed by atoms with Gasteiger partial charge in [0.25, 0.3) is 5.97 Å². The summed E-state index contributed by atoms with van der Waals surface area (Å²) in [5.74, 6) is -5.66. The first-order valence-electron chi connectivity index (χ1n) is 16.9. The molecule has 2 saturated heterocycles. The van der Waals surface area contributed by atoms with Crippen molar-refractivity contribution in [2.24, 2.45) is 22.2 Å². The minimum atomic E-state index is -2.18.